The molecule has 2 aromatic carbocycles. The summed E-state index contributed by atoms with van der Waals surface area (Å²) >= 11 is 6.46. The van der Waals surface area contributed by atoms with Crippen molar-refractivity contribution in [2.24, 2.45) is 11.8 Å². The second kappa shape index (κ2) is 8.63. The normalized spacial score (nSPS) is 22.5. The van der Waals surface area contributed by atoms with Gasteiger partial charge >= 0.3 is 5.97 Å². The fourth-order valence-corrected chi connectivity index (χ4v) is 4.60. The van der Waals surface area contributed by atoms with E-state index in [9.17, 15) is 9.59 Å². The number of Topliss-reactive ketones (excluding diaryl/α,β-unsaturated/α-hetero) is 1. The summed E-state index contributed by atoms with van der Waals surface area (Å²) in [6.07, 6.45) is 0.554. The molecule has 0 spiro atoms. The quantitative estimate of drug-likeness (QED) is 0.516. The van der Waals surface area contributed by atoms with Gasteiger partial charge in [0.1, 0.15) is 11.7 Å². The van der Waals surface area contributed by atoms with Crippen LogP contribution in [0.15, 0.2) is 53.7 Å². The minimum Gasteiger partial charge on any atom is -0.492 e. The maximum Gasteiger partial charge on any atom is 0.316 e. The highest BCUT2D eigenvalue weighted by molar-refractivity contribution is 6.32. The van der Waals surface area contributed by atoms with E-state index in [0.717, 1.165) is 22.6 Å². The molecule has 1 aliphatic carbocycles. The monoisotopic (exact) mass is 440 g/mol. The molecule has 2 aromatic rings. The van der Waals surface area contributed by atoms with E-state index in [2.05, 4.69) is 10.6 Å². The summed E-state index contributed by atoms with van der Waals surface area (Å²) in [5.41, 5.74) is 3.90. The van der Waals surface area contributed by atoms with Gasteiger partial charge in [0.05, 0.1) is 36.2 Å². The highest BCUT2D eigenvalue weighted by Crippen LogP contribution is 2.44. The van der Waals surface area contributed by atoms with Crippen molar-refractivity contribution in [3.8, 4) is 5.75 Å². The number of rotatable bonds is 4. The van der Waals surface area contributed by atoms with Crippen LogP contribution in [0, 0.1) is 11.8 Å². The van der Waals surface area contributed by atoms with Crippen LogP contribution >= 0.6 is 11.6 Å². The molecule has 2 N–H and O–H groups in total. The number of esters is 1. The van der Waals surface area contributed by atoms with E-state index in [1.807, 2.05) is 44.2 Å². The first-order chi connectivity index (χ1) is 14.9. The number of hydrogen-bond donors (Lipinski definition) is 2. The molecule has 1 heterocycles. The fraction of sp³-hybridized carbons (Fsp3) is 0.333. The van der Waals surface area contributed by atoms with Gasteiger partial charge in [-0.2, -0.15) is 0 Å². The molecular formula is C24H25ClN2O4. The van der Waals surface area contributed by atoms with E-state index in [1.54, 1.807) is 12.1 Å². The summed E-state index contributed by atoms with van der Waals surface area (Å²) < 4.78 is 10.5. The molecule has 31 heavy (non-hydrogen) atoms. The average Bonchev–Trinajstić information content (AvgIpc) is 2.91. The highest BCUT2D eigenvalue weighted by atomic mass is 35.5. The lowest BCUT2D eigenvalue weighted by atomic mass is 9.75. The minimum atomic E-state index is -0.839. The number of hydrogen-bond acceptors (Lipinski definition) is 6. The lowest BCUT2D eigenvalue weighted by Crippen LogP contribution is -2.39. The molecular weight excluding hydrogens is 416 g/mol. The van der Waals surface area contributed by atoms with Crippen LogP contribution in [0.1, 0.15) is 31.9 Å². The Labute approximate surface area is 186 Å². The Bertz CT molecular complexity index is 1070. The minimum absolute atomic E-state index is 0.180. The third-order valence-electron chi connectivity index (χ3n) is 5.81. The highest BCUT2D eigenvalue weighted by Gasteiger charge is 2.44. The van der Waals surface area contributed by atoms with Gasteiger partial charge in [-0.15, -0.1) is 0 Å². The van der Waals surface area contributed by atoms with E-state index in [0.29, 0.717) is 29.4 Å². The molecule has 4 rings (SSSR count). The molecule has 7 heteroatoms. The van der Waals surface area contributed by atoms with Gasteiger partial charge in [-0.05, 0) is 49.1 Å². The second-order valence-electron chi connectivity index (χ2n) is 7.81. The second-order valence-corrected chi connectivity index (χ2v) is 8.22. The van der Waals surface area contributed by atoms with Crippen molar-refractivity contribution in [3.63, 3.8) is 0 Å². The van der Waals surface area contributed by atoms with Gasteiger partial charge in [-0.3, -0.25) is 9.59 Å². The number of halogens is 1. The summed E-state index contributed by atoms with van der Waals surface area (Å²) in [4.78, 5) is 26.1. The Morgan fingerprint density at radius 1 is 1.19 bits per heavy atom. The number of ketones is 1. The van der Waals surface area contributed by atoms with Gasteiger partial charge in [-0.1, -0.05) is 36.7 Å². The van der Waals surface area contributed by atoms with Crippen molar-refractivity contribution in [1.29, 1.82) is 0 Å². The smallest absolute Gasteiger partial charge is 0.316 e. The number of benzene rings is 2. The van der Waals surface area contributed by atoms with Gasteiger partial charge in [-0.25, -0.2) is 0 Å². The fourth-order valence-electron chi connectivity index (χ4n) is 4.35. The number of fused-ring (bicyclic) bond motifs is 1. The average molecular weight is 441 g/mol. The number of carbonyl (C=O) groups excluding carboxylic acids is 2. The largest absolute Gasteiger partial charge is 0.492 e. The zero-order valence-electron chi connectivity index (χ0n) is 17.7. The molecule has 0 saturated carbocycles. The number of anilines is 2. The number of methoxy groups -OCH3 is 1. The van der Waals surface area contributed by atoms with Gasteiger partial charge in [0.15, 0.2) is 5.78 Å². The predicted octanol–water partition coefficient (Wildman–Crippen LogP) is 4.97. The first kappa shape index (κ1) is 21.2. The SMILES string of the molecule is CCOc1ccc(C2Nc3ccccc3NC3=C2C(=O)C(C(=O)OC)C(C)C3)cc1Cl. The summed E-state index contributed by atoms with van der Waals surface area (Å²) in [6, 6.07) is 12.8. The molecule has 0 aromatic heterocycles. The van der Waals surface area contributed by atoms with Crippen molar-refractivity contribution in [2.45, 2.75) is 26.3 Å². The number of nitrogens with one attached hydrogen (secondary N) is 2. The first-order valence-corrected chi connectivity index (χ1v) is 10.7. The molecule has 3 unspecified atom stereocenters. The summed E-state index contributed by atoms with van der Waals surface area (Å²) in [5, 5.41) is 7.38. The molecule has 6 nitrogen and oxygen atoms in total. The van der Waals surface area contributed by atoms with Gasteiger partial charge < -0.3 is 20.1 Å². The zero-order valence-corrected chi connectivity index (χ0v) is 18.5. The van der Waals surface area contributed by atoms with Crippen molar-refractivity contribution in [3.05, 3.63) is 64.3 Å². The number of para-hydroxylation sites is 2. The number of ether oxygens (including phenoxy) is 2. The Hall–Kier alpha value is -2.99. The maximum atomic E-state index is 13.6. The van der Waals surface area contributed by atoms with Crippen LogP contribution in [0.4, 0.5) is 11.4 Å². The van der Waals surface area contributed by atoms with E-state index < -0.39 is 17.9 Å². The van der Waals surface area contributed by atoms with E-state index in [4.69, 9.17) is 21.1 Å². The van der Waals surface area contributed by atoms with Crippen LogP contribution in [-0.2, 0) is 14.3 Å². The van der Waals surface area contributed by atoms with Gasteiger partial charge in [0, 0.05) is 11.3 Å². The molecule has 162 valence electrons. The summed E-state index contributed by atoms with van der Waals surface area (Å²) in [5.74, 6) is -1.17. The molecule has 3 atom stereocenters. The van der Waals surface area contributed by atoms with Gasteiger partial charge in [0.2, 0.25) is 0 Å². The van der Waals surface area contributed by atoms with Crippen LogP contribution in [0.2, 0.25) is 5.02 Å². The maximum absolute atomic E-state index is 13.6. The lowest BCUT2D eigenvalue weighted by Gasteiger charge is -2.32. The Morgan fingerprint density at radius 3 is 2.61 bits per heavy atom. The molecule has 0 amide bonds. The van der Waals surface area contributed by atoms with Crippen LogP contribution in [0.3, 0.4) is 0 Å². The van der Waals surface area contributed by atoms with Crippen molar-refractivity contribution >= 4 is 34.7 Å². The molecule has 2 aliphatic rings. The Kier molecular flexibility index (Phi) is 5.92. The molecule has 0 radical (unpaired) electrons. The van der Waals surface area contributed by atoms with E-state index in [1.165, 1.54) is 7.11 Å². The van der Waals surface area contributed by atoms with E-state index >= 15 is 0 Å². The summed E-state index contributed by atoms with van der Waals surface area (Å²) in [6.45, 7) is 4.30. The standard InChI is InChI=1S/C24H25ClN2O4/c1-4-31-19-10-9-14(12-15(19)25)22-21-18(26-16-7-5-6-8-17(16)27-22)11-13(2)20(23(21)28)24(29)30-3/h5-10,12-13,20,22,26-27H,4,11H2,1-3H3. The zero-order chi connectivity index (χ0) is 22.1. The Balaban J connectivity index is 1.85. The van der Waals surface area contributed by atoms with Crippen LogP contribution in [0.5, 0.6) is 5.75 Å². The number of allylic oxidation sites excluding steroid dienone is 1. The van der Waals surface area contributed by atoms with Gasteiger partial charge in [0.25, 0.3) is 0 Å². The van der Waals surface area contributed by atoms with Crippen molar-refractivity contribution in [2.75, 3.05) is 24.4 Å². The van der Waals surface area contributed by atoms with Crippen molar-refractivity contribution in [1.82, 2.24) is 0 Å². The predicted molar refractivity (Wildman–Crippen MR) is 120 cm³/mol. The molecule has 1 aliphatic heterocycles. The summed E-state index contributed by atoms with van der Waals surface area (Å²) in [7, 11) is 1.31. The van der Waals surface area contributed by atoms with E-state index in [-0.39, 0.29) is 11.7 Å². The topological polar surface area (TPSA) is 76.7 Å². The third-order valence-corrected chi connectivity index (χ3v) is 6.11. The third kappa shape index (κ3) is 3.88. The number of carbonyl (C=O) groups is 2. The van der Waals surface area contributed by atoms with Crippen LogP contribution < -0.4 is 15.4 Å². The molecule has 0 fully saturated rings. The van der Waals surface area contributed by atoms with Crippen LogP contribution in [-0.4, -0.2) is 25.5 Å². The Morgan fingerprint density at radius 2 is 1.94 bits per heavy atom. The first-order valence-electron chi connectivity index (χ1n) is 10.3. The van der Waals surface area contributed by atoms with Crippen LogP contribution in [0.25, 0.3) is 0 Å². The lowest BCUT2D eigenvalue weighted by molar-refractivity contribution is -0.151. The van der Waals surface area contributed by atoms with Crippen molar-refractivity contribution < 1.29 is 19.1 Å². The molecule has 0 saturated heterocycles. The molecule has 0 bridgehead atoms.